The summed E-state index contributed by atoms with van der Waals surface area (Å²) in [6.45, 7) is 0. The van der Waals surface area contributed by atoms with Gasteiger partial charge >= 0.3 is 131 Å². The van der Waals surface area contributed by atoms with Gasteiger partial charge < -0.3 is 0 Å². The average molecular weight is 487 g/mol. The van der Waals surface area contributed by atoms with E-state index in [-0.39, 0.29) is 72.8 Å². The minimum Gasteiger partial charge on any atom is 2.00 e. The molecule has 2 radical (unpaired) electrons. The molecule has 0 heterocycles. The molecule has 50 valence electrons. The first kappa shape index (κ1) is 23.2. The quantitative estimate of drug-likeness (QED) is 0.314. The van der Waals surface area contributed by atoms with Crippen molar-refractivity contribution in [2.75, 3.05) is 0 Å². The topological polar surface area (TPSA) is 126 Å². The molecule has 0 amide bonds. The Labute approximate surface area is 128 Å². The van der Waals surface area contributed by atoms with Gasteiger partial charge in [-0.2, -0.15) is 0 Å². The molecule has 0 aliphatic rings. The largest absolute Gasteiger partial charge is 2.00 e. The summed E-state index contributed by atoms with van der Waals surface area (Å²) in [5, 5.41) is 0. The van der Waals surface area contributed by atoms with Gasteiger partial charge in [-0.1, -0.05) is 0 Å². The predicted octanol–water partition coefficient (Wildman–Crippen LogP) is -5.76. The van der Waals surface area contributed by atoms with Crippen LogP contribution in [-0.4, -0.2) is 72.8 Å². The van der Waals surface area contributed by atoms with Gasteiger partial charge in [-0.3, -0.25) is 0 Å². The summed E-state index contributed by atoms with van der Waals surface area (Å²) in [4.78, 5) is 0. The fourth-order valence-electron chi connectivity index (χ4n) is 0. The Hall–Kier alpha value is 3.27. The Kier molecular flexibility index (Phi) is 42.2. The van der Waals surface area contributed by atoms with Crippen molar-refractivity contribution >= 4 is 72.8 Å². The van der Waals surface area contributed by atoms with Crippen LogP contribution in [0.1, 0.15) is 0 Å². The molecule has 0 aromatic carbocycles. The molecule has 10 heteroatoms. The molecule has 0 fully saturated rings. The molecule has 0 spiro atoms. The van der Waals surface area contributed by atoms with E-state index >= 15 is 0 Å². The zero-order chi connectivity index (χ0) is 7.15. The summed E-state index contributed by atoms with van der Waals surface area (Å²) in [6, 6.07) is 0. The van der Waals surface area contributed by atoms with Gasteiger partial charge in [-0.05, 0) is 0 Å². The number of hydrogen-bond acceptors (Lipinski definition) is 6. The van der Waals surface area contributed by atoms with E-state index in [1.165, 1.54) is 0 Å². The van der Waals surface area contributed by atoms with Gasteiger partial charge in [0.25, 0.3) is 0 Å². The van der Waals surface area contributed by atoms with E-state index < -0.39 is 37.2 Å². The minimum atomic E-state index is -4.08. The van der Waals surface area contributed by atoms with Gasteiger partial charge in [0.2, 0.25) is 0 Å². The van der Waals surface area contributed by atoms with Crippen molar-refractivity contribution in [3.63, 3.8) is 0 Å². The monoisotopic (exact) mass is 488 g/mol. The Bertz CT molecular complexity index is 73.7. The maximum absolute atomic E-state index is 8.58. The Morgan fingerprint density at radius 2 is 0.800 bits per heavy atom. The maximum Gasteiger partial charge on any atom is 2.00 e. The van der Waals surface area contributed by atoms with Crippen LogP contribution in [-0.2, 0) is 43.9 Å². The average Bonchev–Trinajstić information content (AvgIpc) is 1.25. The van der Waals surface area contributed by atoms with Crippen LogP contribution < -0.4 is 14.8 Å². The van der Waals surface area contributed by atoms with Crippen molar-refractivity contribution in [2.45, 2.75) is 0 Å². The van der Waals surface area contributed by atoms with Crippen LogP contribution in [0.3, 0.4) is 0 Å². The van der Waals surface area contributed by atoms with E-state index in [1.54, 1.807) is 0 Å². The molecular weight excluding hydrogens is 487 g/mol. The van der Waals surface area contributed by atoms with Crippen LogP contribution in [0.25, 0.3) is 0 Å². The Balaban J connectivity index is -0.0000000300. The van der Waals surface area contributed by atoms with Crippen LogP contribution in [0.4, 0.5) is 0 Å². The third-order valence-corrected chi connectivity index (χ3v) is 0. The Morgan fingerprint density at radius 1 is 0.800 bits per heavy atom. The van der Waals surface area contributed by atoms with Crippen molar-refractivity contribution in [3.05, 3.63) is 0 Å². The van der Waals surface area contributed by atoms with Crippen LogP contribution in [0.5, 0.6) is 0 Å². The first-order chi connectivity index (χ1) is 3.46. The zero-order valence-electron chi connectivity index (χ0n) is 4.66. The first-order valence-electron chi connectivity index (χ1n) is 1.22. The Morgan fingerprint density at radius 3 is 0.800 bits per heavy atom. The molecule has 6 nitrogen and oxygen atoms in total. The van der Waals surface area contributed by atoms with Gasteiger partial charge in [0.15, 0.2) is 0 Å². The fraction of sp³-hybridized carbons (Fsp3) is 0. The fourth-order valence-corrected chi connectivity index (χ4v) is 0. The molecule has 0 bridgehead atoms. The molecule has 0 aliphatic carbocycles. The molecule has 0 aromatic rings. The van der Waals surface area contributed by atoms with Gasteiger partial charge in [0.05, 0.1) is 0 Å². The van der Waals surface area contributed by atoms with E-state index in [1.807, 2.05) is 0 Å². The van der Waals surface area contributed by atoms with Crippen LogP contribution in [0.2, 0.25) is 0 Å². The van der Waals surface area contributed by atoms with Crippen molar-refractivity contribution in [1.82, 2.24) is 0 Å². The molecule has 10 heavy (non-hydrogen) atoms. The van der Waals surface area contributed by atoms with Gasteiger partial charge in [0, 0.05) is 0 Å². The molecule has 0 N–H and O–H groups in total. The summed E-state index contributed by atoms with van der Waals surface area (Å²) < 4.78 is 51.5. The maximum atomic E-state index is 8.58. The smallest absolute Gasteiger partial charge is 2.00 e. The van der Waals surface area contributed by atoms with E-state index in [4.69, 9.17) is 21.4 Å². The number of rotatable bonds is 0. The standard InChI is InChI=1S/6O.Pb.Sr.2Ti/q;;4*-1;2*+2;;. The molecular formula is O6PbSrTi2. The molecule has 0 atom stereocenters. The summed E-state index contributed by atoms with van der Waals surface area (Å²) in [5.41, 5.74) is 0. The van der Waals surface area contributed by atoms with Gasteiger partial charge in [-0.15, -0.1) is 0 Å². The first-order valence-corrected chi connectivity index (χ1v) is 5.05. The molecule has 0 saturated heterocycles. The van der Waals surface area contributed by atoms with Crippen LogP contribution in [0.15, 0.2) is 0 Å². The van der Waals surface area contributed by atoms with Gasteiger partial charge in [0.1, 0.15) is 0 Å². The van der Waals surface area contributed by atoms with Crippen molar-refractivity contribution < 1.29 is 58.6 Å². The summed E-state index contributed by atoms with van der Waals surface area (Å²) in [6.07, 6.45) is 0. The summed E-state index contributed by atoms with van der Waals surface area (Å²) in [5.74, 6) is 0. The predicted molar refractivity (Wildman–Crippen MR) is 12.9 cm³/mol. The van der Waals surface area contributed by atoms with Crippen molar-refractivity contribution in [1.29, 1.82) is 0 Å². The van der Waals surface area contributed by atoms with E-state index in [9.17, 15) is 0 Å². The SMILES string of the molecule is [O]=[Ti]([O-])[O-].[O]=[Ti]([O-])[O-].[Pb+2].[Sr+2]. The summed E-state index contributed by atoms with van der Waals surface area (Å²) in [7, 11) is 0. The minimum absolute atomic E-state index is 0. The second-order valence-electron chi connectivity index (χ2n) is 0.500. The molecule has 0 aromatic heterocycles. The number of hydrogen-bond donors (Lipinski definition) is 0. The molecule has 0 saturated carbocycles. The third-order valence-electron chi connectivity index (χ3n) is 0. The van der Waals surface area contributed by atoms with E-state index in [0.717, 1.165) is 0 Å². The van der Waals surface area contributed by atoms with Crippen molar-refractivity contribution in [2.24, 2.45) is 0 Å². The second kappa shape index (κ2) is 18.1. The van der Waals surface area contributed by atoms with Crippen LogP contribution in [0, 0.1) is 0 Å². The summed E-state index contributed by atoms with van der Waals surface area (Å²) >= 11 is -8.17. The van der Waals surface area contributed by atoms with E-state index in [2.05, 4.69) is 0 Å². The normalized spacial score (nSPS) is 5.20. The van der Waals surface area contributed by atoms with E-state index in [0.29, 0.717) is 0 Å². The molecule has 0 aliphatic heterocycles. The van der Waals surface area contributed by atoms with Crippen molar-refractivity contribution in [3.8, 4) is 0 Å². The zero-order valence-corrected chi connectivity index (χ0v) is 15.1. The second-order valence-corrected chi connectivity index (χ2v) is 2.06. The van der Waals surface area contributed by atoms with Gasteiger partial charge in [-0.25, -0.2) is 0 Å². The molecule has 0 unspecified atom stereocenters. The van der Waals surface area contributed by atoms with Crippen LogP contribution >= 0.6 is 0 Å². The molecule has 0 rings (SSSR count). The third kappa shape index (κ3) is 111.